The van der Waals surface area contributed by atoms with E-state index in [1.807, 2.05) is 13.8 Å². The van der Waals surface area contributed by atoms with Gasteiger partial charge in [-0.15, -0.1) is 0 Å². The monoisotopic (exact) mass is 296 g/mol. The van der Waals surface area contributed by atoms with Crippen molar-refractivity contribution in [3.8, 4) is 0 Å². The molecule has 0 bridgehead atoms. The highest BCUT2D eigenvalue weighted by Gasteiger charge is 2.64. The maximum absolute atomic E-state index is 12.9. The Hall–Kier alpha value is -1.31. The summed E-state index contributed by atoms with van der Waals surface area (Å²) in [6.07, 6.45) is -4.67. The van der Waals surface area contributed by atoms with E-state index in [0.717, 1.165) is 11.3 Å². The number of nitrogens with one attached hydrogen (secondary N) is 1. The predicted molar refractivity (Wildman–Crippen MR) is 65.1 cm³/mol. The largest absolute Gasteiger partial charge is 0.481 e. The third-order valence-electron chi connectivity index (χ3n) is 3.79. The van der Waals surface area contributed by atoms with Crippen molar-refractivity contribution < 1.29 is 27.9 Å². The van der Waals surface area contributed by atoms with Crippen LogP contribution in [-0.2, 0) is 9.59 Å². The number of amides is 1. The van der Waals surface area contributed by atoms with Crippen LogP contribution in [0.4, 0.5) is 13.2 Å². The molecular weight excluding hydrogens is 277 g/mol. The number of hydrogen-bond acceptors (Lipinski definition) is 3. The summed E-state index contributed by atoms with van der Waals surface area (Å²) >= 11 is 0. The second kappa shape index (κ2) is 5.99. The van der Waals surface area contributed by atoms with Gasteiger partial charge in [0.05, 0.1) is 6.54 Å². The van der Waals surface area contributed by atoms with E-state index < -0.39 is 36.4 Å². The summed E-state index contributed by atoms with van der Waals surface area (Å²) in [6.45, 7) is 2.69. The lowest BCUT2D eigenvalue weighted by Crippen LogP contribution is -2.48. The third-order valence-corrected chi connectivity index (χ3v) is 3.79. The summed E-state index contributed by atoms with van der Waals surface area (Å²) in [5.41, 5.74) is -2.83. The summed E-state index contributed by atoms with van der Waals surface area (Å²) in [4.78, 5) is 23.8. The molecule has 8 heteroatoms. The second-order valence-electron chi connectivity index (χ2n) is 5.14. The van der Waals surface area contributed by atoms with Gasteiger partial charge in [0, 0.05) is 19.1 Å². The van der Waals surface area contributed by atoms with Crippen LogP contribution in [0.5, 0.6) is 0 Å². The Morgan fingerprint density at radius 1 is 1.45 bits per heavy atom. The predicted octanol–water partition coefficient (Wildman–Crippen LogP) is 1.24. The van der Waals surface area contributed by atoms with Gasteiger partial charge in [0.1, 0.15) is 0 Å². The SMILES string of the molecule is CCC(C)NCC(=O)N1CCC(C(=O)O)(C(F)(F)F)C1. The number of carbonyl (C=O) groups excluding carboxylic acids is 1. The average molecular weight is 296 g/mol. The van der Waals surface area contributed by atoms with E-state index in [4.69, 9.17) is 5.11 Å². The molecule has 0 spiro atoms. The fourth-order valence-corrected chi connectivity index (χ4v) is 2.07. The van der Waals surface area contributed by atoms with E-state index >= 15 is 0 Å². The lowest BCUT2D eigenvalue weighted by atomic mass is 9.86. The highest BCUT2D eigenvalue weighted by molar-refractivity contribution is 5.82. The van der Waals surface area contributed by atoms with Crippen molar-refractivity contribution >= 4 is 11.9 Å². The van der Waals surface area contributed by atoms with Crippen molar-refractivity contribution in [2.24, 2.45) is 5.41 Å². The number of carboxylic acid groups (broad SMARTS) is 1. The summed E-state index contributed by atoms with van der Waals surface area (Å²) in [5, 5.41) is 11.8. The highest BCUT2D eigenvalue weighted by Crippen LogP contribution is 2.45. The Morgan fingerprint density at radius 2 is 2.05 bits per heavy atom. The van der Waals surface area contributed by atoms with Crippen LogP contribution < -0.4 is 5.32 Å². The summed E-state index contributed by atoms with van der Waals surface area (Å²) in [7, 11) is 0. The first-order valence-corrected chi connectivity index (χ1v) is 6.45. The Labute approximate surface area is 115 Å². The Balaban J connectivity index is 2.70. The molecule has 1 fully saturated rings. The quantitative estimate of drug-likeness (QED) is 0.801. The number of alkyl halides is 3. The number of halogens is 3. The molecule has 1 aliphatic heterocycles. The molecule has 116 valence electrons. The normalized spacial score (nSPS) is 24.8. The molecule has 0 radical (unpaired) electrons. The van der Waals surface area contributed by atoms with E-state index in [-0.39, 0.29) is 19.1 Å². The molecule has 20 heavy (non-hydrogen) atoms. The van der Waals surface area contributed by atoms with E-state index in [9.17, 15) is 22.8 Å². The van der Waals surface area contributed by atoms with E-state index in [0.29, 0.717) is 0 Å². The third kappa shape index (κ3) is 3.23. The molecule has 0 aliphatic carbocycles. The summed E-state index contributed by atoms with van der Waals surface area (Å²) in [6, 6.07) is 0.0772. The van der Waals surface area contributed by atoms with Crippen LogP contribution in [-0.4, -0.2) is 53.7 Å². The molecule has 1 heterocycles. The van der Waals surface area contributed by atoms with Crippen LogP contribution in [0, 0.1) is 5.41 Å². The van der Waals surface area contributed by atoms with Crippen LogP contribution in [0.25, 0.3) is 0 Å². The van der Waals surface area contributed by atoms with Crippen molar-refractivity contribution in [2.45, 2.75) is 38.9 Å². The fourth-order valence-electron chi connectivity index (χ4n) is 2.07. The van der Waals surface area contributed by atoms with Gasteiger partial charge in [-0.25, -0.2) is 0 Å². The first-order chi connectivity index (χ1) is 9.14. The fraction of sp³-hybridized carbons (Fsp3) is 0.833. The topological polar surface area (TPSA) is 69.6 Å². The van der Waals surface area contributed by atoms with Crippen LogP contribution in [0.2, 0.25) is 0 Å². The van der Waals surface area contributed by atoms with E-state index in [1.54, 1.807) is 0 Å². The molecule has 1 aliphatic rings. The van der Waals surface area contributed by atoms with Gasteiger partial charge < -0.3 is 15.3 Å². The van der Waals surface area contributed by atoms with Crippen molar-refractivity contribution in [2.75, 3.05) is 19.6 Å². The lowest BCUT2D eigenvalue weighted by molar-refractivity contribution is -0.227. The lowest BCUT2D eigenvalue weighted by Gasteiger charge is -2.27. The number of rotatable bonds is 5. The standard InChI is InChI=1S/C12H19F3N2O3/c1-3-8(2)16-6-9(18)17-5-4-11(7-17,10(19)20)12(13,14)15/h8,16H,3-7H2,1-2H3,(H,19,20). The van der Waals surface area contributed by atoms with Crippen molar-refractivity contribution in [1.82, 2.24) is 10.2 Å². The van der Waals surface area contributed by atoms with Crippen LogP contribution in [0.3, 0.4) is 0 Å². The van der Waals surface area contributed by atoms with Crippen molar-refractivity contribution in [3.05, 3.63) is 0 Å². The maximum Gasteiger partial charge on any atom is 0.406 e. The molecule has 2 N–H and O–H groups in total. The summed E-state index contributed by atoms with van der Waals surface area (Å²) in [5.74, 6) is -2.42. The number of hydrogen-bond donors (Lipinski definition) is 2. The molecule has 0 saturated carbocycles. The molecule has 2 atom stereocenters. The van der Waals surface area contributed by atoms with Gasteiger partial charge in [0.25, 0.3) is 0 Å². The number of aliphatic carboxylic acids is 1. The van der Waals surface area contributed by atoms with Gasteiger partial charge in [-0.05, 0) is 19.8 Å². The van der Waals surface area contributed by atoms with Crippen LogP contribution in [0.1, 0.15) is 26.7 Å². The van der Waals surface area contributed by atoms with E-state index in [2.05, 4.69) is 5.32 Å². The minimum atomic E-state index is -4.86. The Morgan fingerprint density at radius 3 is 2.45 bits per heavy atom. The zero-order valence-corrected chi connectivity index (χ0v) is 11.5. The zero-order valence-electron chi connectivity index (χ0n) is 11.5. The first-order valence-electron chi connectivity index (χ1n) is 6.45. The molecule has 0 aromatic heterocycles. The number of likely N-dealkylation sites (tertiary alicyclic amines) is 1. The van der Waals surface area contributed by atoms with Gasteiger partial charge >= 0.3 is 12.1 Å². The Bertz CT molecular complexity index is 387. The van der Waals surface area contributed by atoms with Crippen LogP contribution >= 0.6 is 0 Å². The molecule has 0 aromatic rings. The van der Waals surface area contributed by atoms with Gasteiger partial charge in [0.15, 0.2) is 5.41 Å². The molecule has 1 rings (SSSR count). The molecule has 2 unspecified atom stereocenters. The summed E-state index contributed by atoms with van der Waals surface area (Å²) < 4.78 is 38.8. The molecule has 5 nitrogen and oxygen atoms in total. The van der Waals surface area contributed by atoms with Crippen molar-refractivity contribution in [3.63, 3.8) is 0 Å². The average Bonchev–Trinajstić information content (AvgIpc) is 2.81. The zero-order chi connectivity index (χ0) is 15.6. The van der Waals surface area contributed by atoms with Gasteiger partial charge in [-0.3, -0.25) is 9.59 Å². The Kier molecular flexibility index (Phi) is 5.01. The van der Waals surface area contributed by atoms with Gasteiger partial charge in [0.2, 0.25) is 5.91 Å². The number of carboxylic acids is 1. The molecular formula is C12H19F3N2O3. The van der Waals surface area contributed by atoms with Crippen molar-refractivity contribution in [1.29, 1.82) is 0 Å². The maximum atomic E-state index is 12.9. The minimum Gasteiger partial charge on any atom is -0.481 e. The molecule has 1 saturated heterocycles. The number of nitrogens with zero attached hydrogens (tertiary/aromatic N) is 1. The van der Waals surface area contributed by atoms with Gasteiger partial charge in [-0.1, -0.05) is 6.92 Å². The first kappa shape index (κ1) is 16.7. The van der Waals surface area contributed by atoms with Gasteiger partial charge in [-0.2, -0.15) is 13.2 Å². The second-order valence-corrected chi connectivity index (χ2v) is 5.14. The highest BCUT2D eigenvalue weighted by atomic mass is 19.4. The minimum absolute atomic E-state index is 0.0772. The van der Waals surface area contributed by atoms with Crippen LogP contribution in [0.15, 0.2) is 0 Å². The smallest absolute Gasteiger partial charge is 0.406 e. The molecule has 0 aromatic carbocycles. The number of carbonyl (C=O) groups is 2. The van der Waals surface area contributed by atoms with E-state index in [1.165, 1.54) is 0 Å². The molecule has 1 amide bonds.